The van der Waals surface area contributed by atoms with E-state index in [-0.39, 0.29) is 0 Å². The first-order valence-corrected chi connectivity index (χ1v) is 10.7. The molecular weight excluding hydrogens is 298 g/mol. The van der Waals surface area contributed by atoms with Gasteiger partial charge in [-0.05, 0) is 26.3 Å². The molecule has 0 fully saturated rings. The molecule has 0 bridgehead atoms. The third-order valence-corrected chi connectivity index (χ3v) is 5.04. The molecular formula is C16H25NO4Si. The van der Waals surface area contributed by atoms with Crippen LogP contribution >= 0.6 is 0 Å². The number of carbonyl (C=O) groups is 2. The molecule has 1 aromatic rings. The maximum absolute atomic E-state index is 11.8. The van der Waals surface area contributed by atoms with E-state index < -0.39 is 31.8 Å². The van der Waals surface area contributed by atoms with E-state index in [0.717, 1.165) is 5.19 Å². The monoisotopic (exact) mass is 323 g/mol. The maximum atomic E-state index is 11.8. The SMILES string of the molecule is CC(C)(C)OC(=O)NC(C(=O)O)c1cccc([Si](C)(C)C)c1. The van der Waals surface area contributed by atoms with Crippen LogP contribution in [0.2, 0.25) is 19.6 Å². The van der Waals surface area contributed by atoms with Crippen LogP contribution in [-0.4, -0.2) is 30.8 Å². The van der Waals surface area contributed by atoms with Crippen molar-refractivity contribution in [2.24, 2.45) is 0 Å². The Morgan fingerprint density at radius 3 is 2.27 bits per heavy atom. The summed E-state index contributed by atoms with van der Waals surface area (Å²) < 4.78 is 5.13. The van der Waals surface area contributed by atoms with Gasteiger partial charge in [0.25, 0.3) is 0 Å². The molecule has 0 saturated carbocycles. The van der Waals surface area contributed by atoms with Crippen molar-refractivity contribution in [1.29, 1.82) is 0 Å². The number of alkyl carbamates (subject to hydrolysis) is 1. The largest absolute Gasteiger partial charge is 0.479 e. The third kappa shape index (κ3) is 5.52. The van der Waals surface area contributed by atoms with E-state index in [1.165, 1.54) is 0 Å². The second-order valence-electron chi connectivity index (χ2n) is 7.29. The minimum Gasteiger partial charge on any atom is -0.479 e. The van der Waals surface area contributed by atoms with Crippen LogP contribution < -0.4 is 10.5 Å². The van der Waals surface area contributed by atoms with Crippen molar-refractivity contribution in [1.82, 2.24) is 5.32 Å². The van der Waals surface area contributed by atoms with Crippen molar-refractivity contribution in [3.63, 3.8) is 0 Å². The molecule has 1 unspecified atom stereocenters. The van der Waals surface area contributed by atoms with Gasteiger partial charge in [-0.15, -0.1) is 0 Å². The lowest BCUT2D eigenvalue weighted by Gasteiger charge is -2.23. The van der Waals surface area contributed by atoms with Crippen LogP contribution in [0.3, 0.4) is 0 Å². The summed E-state index contributed by atoms with van der Waals surface area (Å²) in [5, 5.41) is 13.0. The average molecular weight is 323 g/mol. The van der Waals surface area contributed by atoms with E-state index in [0.29, 0.717) is 5.56 Å². The predicted octanol–water partition coefficient (Wildman–Crippen LogP) is 2.88. The topological polar surface area (TPSA) is 75.6 Å². The van der Waals surface area contributed by atoms with E-state index in [4.69, 9.17) is 4.74 Å². The number of amides is 1. The Labute approximate surface area is 132 Å². The zero-order valence-electron chi connectivity index (χ0n) is 14.1. The number of hydrogen-bond acceptors (Lipinski definition) is 3. The van der Waals surface area contributed by atoms with E-state index in [2.05, 4.69) is 25.0 Å². The summed E-state index contributed by atoms with van der Waals surface area (Å²) in [6.45, 7) is 11.7. The number of rotatable bonds is 4. The number of carbonyl (C=O) groups excluding carboxylic acids is 1. The number of aliphatic carboxylic acids is 1. The number of carboxylic acids is 1. The van der Waals surface area contributed by atoms with Crippen LogP contribution in [0.1, 0.15) is 32.4 Å². The molecule has 0 aromatic heterocycles. The zero-order valence-corrected chi connectivity index (χ0v) is 15.1. The van der Waals surface area contributed by atoms with Crippen LogP contribution in [0, 0.1) is 0 Å². The van der Waals surface area contributed by atoms with Gasteiger partial charge in [0.15, 0.2) is 6.04 Å². The lowest BCUT2D eigenvalue weighted by atomic mass is 10.1. The lowest BCUT2D eigenvalue weighted by Crippen LogP contribution is -2.40. The number of nitrogens with one attached hydrogen (secondary N) is 1. The summed E-state index contributed by atoms with van der Waals surface area (Å²) in [6, 6.07) is 6.28. The highest BCUT2D eigenvalue weighted by atomic mass is 28.3. The van der Waals surface area contributed by atoms with Gasteiger partial charge in [0.05, 0.1) is 8.07 Å². The van der Waals surface area contributed by atoms with Gasteiger partial charge in [-0.2, -0.15) is 0 Å². The summed E-state index contributed by atoms with van der Waals surface area (Å²) in [5.74, 6) is -1.11. The Balaban J connectivity index is 3.02. The molecule has 6 heteroatoms. The van der Waals surface area contributed by atoms with Crippen LogP contribution in [-0.2, 0) is 9.53 Å². The number of hydrogen-bond donors (Lipinski definition) is 2. The van der Waals surface area contributed by atoms with Gasteiger partial charge in [0, 0.05) is 0 Å². The van der Waals surface area contributed by atoms with Crippen molar-refractivity contribution < 1.29 is 19.4 Å². The van der Waals surface area contributed by atoms with Crippen molar-refractivity contribution in [2.75, 3.05) is 0 Å². The van der Waals surface area contributed by atoms with Gasteiger partial charge >= 0.3 is 12.1 Å². The number of carboxylic acid groups (broad SMARTS) is 1. The van der Waals surface area contributed by atoms with Crippen LogP contribution in [0.15, 0.2) is 24.3 Å². The fourth-order valence-corrected chi connectivity index (χ4v) is 3.09. The van der Waals surface area contributed by atoms with Crippen molar-refractivity contribution >= 4 is 25.3 Å². The van der Waals surface area contributed by atoms with E-state index in [1.54, 1.807) is 26.8 Å². The average Bonchev–Trinajstić information content (AvgIpc) is 2.32. The first-order chi connectivity index (χ1) is 9.90. The molecule has 1 aromatic carbocycles. The van der Waals surface area contributed by atoms with Gasteiger partial charge in [-0.3, -0.25) is 0 Å². The molecule has 1 amide bonds. The molecule has 0 spiro atoms. The lowest BCUT2D eigenvalue weighted by molar-refractivity contribution is -0.139. The molecule has 0 aliphatic heterocycles. The second kappa shape index (κ2) is 6.52. The van der Waals surface area contributed by atoms with Crippen molar-refractivity contribution in [3.05, 3.63) is 29.8 Å². The van der Waals surface area contributed by atoms with Crippen LogP contribution in [0.5, 0.6) is 0 Å². The molecule has 2 N–H and O–H groups in total. The first-order valence-electron chi connectivity index (χ1n) is 7.23. The zero-order chi connectivity index (χ0) is 17.1. The summed E-state index contributed by atoms with van der Waals surface area (Å²) in [6.07, 6.45) is -0.738. The number of ether oxygens (including phenoxy) is 1. The fraction of sp³-hybridized carbons (Fsp3) is 0.500. The standard InChI is InChI=1S/C16H25NO4Si/c1-16(2,3)21-15(20)17-13(14(18)19)11-8-7-9-12(10-11)22(4,5)6/h7-10,13H,1-6H3,(H,17,20)(H,18,19). The van der Waals surface area contributed by atoms with Gasteiger partial charge in [-0.1, -0.05) is 49.1 Å². The predicted molar refractivity (Wildman–Crippen MR) is 89.2 cm³/mol. The molecule has 0 aliphatic carbocycles. The maximum Gasteiger partial charge on any atom is 0.408 e. The molecule has 22 heavy (non-hydrogen) atoms. The first kappa shape index (κ1) is 18.2. The molecule has 1 atom stereocenters. The van der Waals surface area contributed by atoms with E-state index >= 15 is 0 Å². The highest BCUT2D eigenvalue weighted by Crippen LogP contribution is 2.16. The van der Waals surface area contributed by atoms with Gasteiger partial charge in [0.1, 0.15) is 5.60 Å². The van der Waals surface area contributed by atoms with Gasteiger partial charge in [0.2, 0.25) is 0 Å². The van der Waals surface area contributed by atoms with Crippen molar-refractivity contribution in [2.45, 2.75) is 52.1 Å². The van der Waals surface area contributed by atoms with Crippen molar-refractivity contribution in [3.8, 4) is 0 Å². The Morgan fingerprint density at radius 2 is 1.82 bits per heavy atom. The summed E-state index contributed by atoms with van der Waals surface area (Å²) in [5.41, 5.74) is -0.119. The minimum atomic E-state index is -1.56. The van der Waals surface area contributed by atoms with E-state index in [9.17, 15) is 14.7 Å². The Kier molecular flexibility index (Phi) is 5.40. The molecule has 122 valence electrons. The van der Waals surface area contributed by atoms with Crippen LogP contribution in [0.25, 0.3) is 0 Å². The molecule has 5 nitrogen and oxygen atoms in total. The van der Waals surface area contributed by atoms with Gasteiger partial charge in [-0.25, -0.2) is 9.59 Å². The molecule has 0 saturated heterocycles. The van der Waals surface area contributed by atoms with E-state index in [1.807, 2.05) is 18.2 Å². The normalized spacial score (nSPS) is 13.4. The minimum absolute atomic E-state index is 0.554. The molecule has 1 rings (SSSR count). The summed E-state index contributed by atoms with van der Waals surface area (Å²) >= 11 is 0. The molecule has 0 radical (unpaired) electrons. The molecule has 0 aliphatic rings. The highest BCUT2D eigenvalue weighted by Gasteiger charge is 2.26. The van der Waals surface area contributed by atoms with Gasteiger partial charge < -0.3 is 15.2 Å². The fourth-order valence-electron chi connectivity index (χ4n) is 1.90. The summed E-state index contributed by atoms with van der Waals surface area (Å²) in [7, 11) is -1.56. The second-order valence-corrected chi connectivity index (χ2v) is 12.4. The van der Waals surface area contributed by atoms with Crippen LogP contribution in [0.4, 0.5) is 4.79 Å². The quantitative estimate of drug-likeness (QED) is 0.835. The Morgan fingerprint density at radius 1 is 1.23 bits per heavy atom. The Bertz CT molecular complexity index is 558. The smallest absolute Gasteiger partial charge is 0.408 e. The molecule has 0 heterocycles. The third-order valence-electron chi connectivity index (χ3n) is 2.99. The number of benzene rings is 1. The summed E-state index contributed by atoms with van der Waals surface area (Å²) in [4.78, 5) is 23.3. The Hall–Kier alpha value is -1.82. The highest BCUT2D eigenvalue weighted by molar-refractivity contribution is 6.88.